The highest BCUT2D eigenvalue weighted by Gasteiger charge is 2.04. The molecule has 4 heteroatoms. The predicted molar refractivity (Wildman–Crippen MR) is 79.9 cm³/mol. The maximum absolute atomic E-state index is 11.7. The molecule has 0 aliphatic carbocycles. The first-order valence-electron chi connectivity index (χ1n) is 6.47. The molecule has 1 aromatic heterocycles. The molecule has 2 rings (SSSR count). The summed E-state index contributed by atoms with van der Waals surface area (Å²) in [6.07, 6.45) is 1.51. The third-order valence-corrected chi connectivity index (χ3v) is 3.76. The fraction of sp³-hybridized carbons (Fsp3) is 0.333. The lowest BCUT2D eigenvalue weighted by Crippen LogP contribution is -2.01. The number of hydrogen-bond acceptors (Lipinski definition) is 4. The Kier molecular flexibility index (Phi) is 4.68. The second-order valence-corrected chi connectivity index (χ2v) is 5.43. The topological polar surface area (TPSA) is 42.0 Å². The molecule has 0 atom stereocenters. The minimum atomic E-state index is 0.213. The first-order chi connectivity index (χ1) is 9.19. The number of carbonyl (C=O) groups excluding carboxylic acids is 1. The zero-order valence-corrected chi connectivity index (χ0v) is 12.1. The molecule has 0 aliphatic rings. The van der Waals surface area contributed by atoms with Crippen molar-refractivity contribution in [2.24, 2.45) is 0 Å². The number of rotatable bonds is 6. The quantitative estimate of drug-likeness (QED) is 0.808. The summed E-state index contributed by atoms with van der Waals surface area (Å²) < 4.78 is 0. The van der Waals surface area contributed by atoms with E-state index < -0.39 is 0 Å². The zero-order valence-electron chi connectivity index (χ0n) is 11.3. The lowest BCUT2D eigenvalue weighted by Gasteiger charge is -2.05. The molecule has 0 spiro atoms. The summed E-state index contributed by atoms with van der Waals surface area (Å²) in [6, 6.07) is 7.66. The Morgan fingerprint density at radius 3 is 2.63 bits per heavy atom. The minimum absolute atomic E-state index is 0.213. The van der Waals surface area contributed by atoms with Crippen LogP contribution in [-0.4, -0.2) is 10.8 Å². The first-order valence-corrected chi connectivity index (χ1v) is 7.35. The molecule has 100 valence electrons. The van der Waals surface area contributed by atoms with Gasteiger partial charge in [0.1, 0.15) is 5.01 Å². The van der Waals surface area contributed by atoms with Crippen molar-refractivity contribution in [2.45, 2.75) is 33.2 Å². The van der Waals surface area contributed by atoms with E-state index in [0.29, 0.717) is 6.42 Å². The number of ketones is 1. The molecule has 1 heterocycles. The number of hydrogen-bond donors (Lipinski definition) is 1. The Bertz CT molecular complexity index is 546. The molecule has 0 saturated heterocycles. The Hall–Kier alpha value is -1.68. The van der Waals surface area contributed by atoms with Gasteiger partial charge in [-0.25, -0.2) is 4.98 Å². The van der Waals surface area contributed by atoms with Gasteiger partial charge in [-0.3, -0.25) is 4.79 Å². The van der Waals surface area contributed by atoms with Crippen LogP contribution < -0.4 is 5.32 Å². The number of anilines is 1. The molecule has 2 aromatic rings. The van der Waals surface area contributed by atoms with E-state index in [9.17, 15) is 4.79 Å². The highest BCUT2D eigenvalue weighted by molar-refractivity contribution is 7.09. The molecule has 1 aromatic carbocycles. The van der Waals surface area contributed by atoms with E-state index in [4.69, 9.17) is 0 Å². The lowest BCUT2D eigenvalue weighted by molar-refractivity contribution is 0.0982. The second kappa shape index (κ2) is 6.48. The van der Waals surface area contributed by atoms with Crippen LogP contribution in [0.2, 0.25) is 0 Å². The highest BCUT2D eigenvalue weighted by atomic mass is 32.1. The second-order valence-electron chi connectivity index (χ2n) is 4.49. The van der Waals surface area contributed by atoms with E-state index >= 15 is 0 Å². The van der Waals surface area contributed by atoms with Crippen molar-refractivity contribution in [1.29, 1.82) is 0 Å². The number of benzene rings is 1. The number of aromatic nitrogens is 1. The van der Waals surface area contributed by atoms with Gasteiger partial charge in [-0.2, -0.15) is 0 Å². The highest BCUT2D eigenvalue weighted by Crippen LogP contribution is 2.14. The van der Waals surface area contributed by atoms with Gasteiger partial charge in [-0.05, 0) is 37.6 Å². The predicted octanol–water partition coefficient (Wildman–Crippen LogP) is 4.05. The van der Waals surface area contributed by atoms with Gasteiger partial charge >= 0.3 is 0 Å². The SMILES string of the molecule is CCCC(=O)c1ccc(NCc2nc(C)cs2)cc1. The van der Waals surface area contributed by atoms with Crippen molar-refractivity contribution < 1.29 is 4.79 Å². The molecule has 0 unspecified atom stereocenters. The summed E-state index contributed by atoms with van der Waals surface area (Å²) in [4.78, 5) is 16.1. The maximum atomic E-state index is 11.7. The van der Waals surface area contributed by atoms with Crippen LogP contribution >= 0.6 is 11.3 Å². The molecule has 19 heavy (non-hydrogen) atoms. The molecule has 3 nitrogen and oxygen atoms in total. The molecule has 1 N–H and O–H groups in total. The molecule has 0 radical (unpaired) electrons. The summed E-state index contributed by atoms with van der Waals surface area (Å²) in [5.74, 6) is 0.213. The van der Waals surface area contributed by atoms with Crippen LogP contribution in [0.4, 0.5) is 5.69 Å². The van der Waals surface area contributed by atoms with Crippen LogP contribution in [0.5, 0.6) is 0 Å². The molecular formula is C15H18N2OS. The standard InChI is InChI=1S/C15H18N2OS/c1-3-4-14(18)12-5-7-13(8-6-12)16-9-15-17-11(2)10-19-15/h5-8,10,16H,3-4,9H2,1-2H3. The Morgan fingerprint density at radius 2 is 2.05 bits per heavy atom. The average Bonchev–Trinajstić information content (AvgIpc) is 2.83. The average molecular weight is 274 g/mol. The summed E-state index contributed by atoms with van der Waals surface area (Å²) in [5.41, 5.74) is 2.86. The van der Waals surface area contributed by atoms with Gasteiger partial charge in [0.15, 0.2) is 5.78 Å². The molecule has 0 saturated carbocycles. The van der Waals surface area contributed by atoms with Crippen molar-refractivity contribution >= 4 is 22.8 Å². The van der Waals surface area contributed by atoms with Crippen molar-refractivity contribution in [1.82, 2.24) is 4.98 Å². The van der Waals surface area contributed by atoms with Gasteiger partial charge in [0.05, 0.1) is 6.54 Å². The first kappa shape index (κ1) is 13.7. The third-order valence-electron chi connectivity index (χ3n) is 2.79. The monoisotopic (exact) mass is 274 g/mol. The smallest absolute Gasteiger partial charge is 0.162 e. The number of Topliss-reactive ketones (excluding diaryl/α,β-unsaturated/α-hetero) is 1. The van der Waals surface area contributed by atoms with Gasteiger partial charge in [-0.1, -0.05) is 6.92 Å². The van der Waals surface area contributed by atoms with Crippen LogP contribution in [0.1, 0.15) is 40.8 Å². The van der Waals surface area contributed by atoms with E-state index in [2.05, 4.69) is 10.3 Å². The van der Waals surface area contributed by atoms with Gasteiger partial charge in [0.2, 0.25) is 0 Å². The maximum Gasteiger partial charge on any atom is 0.162 e. The normalized spacial score (nSPS) is 10.4. The Balaban J connectivity index is 1.93. The minimum Gasteiger partial charge on any atom is -0.379 e. The Morgan fingerprint density at radius 1 is 1.32 bits per heavy atom. The number of aryl methyl sites for hydroxylation is 1. The lowest BCUT2D eigenvalue weighted by atomic mass is 10.1. The summed E-state index contributed by atoms with van der Waals surface area (Å²) >= 11 is 1.66. The number of nitrogens with zero attached hydrogens (tertiary/aromatic N) is 1. The van der Waals surface area contributed by atoms with Crippen molar-refractivity contribution in [3.8, 4) is 0 Å². The van der Waals surface area contributed by atoms with Gasteiger partial charge in [0, 0.05) is 28.7 Å². The molecule has 0 fully saturated rings. The summed E-state index contributed by atoms with van der Waals surface area (Å²) in [7, 11) is 0. The van der Waals surface area contributed by atoms with E-state index in [-0.39, 0.29) is 5.78 Å². The van der Waals surface area contributed by atoms with Crippen LogP contribution in [0, 0.1) is 6.92 Å². The fourth-order valence-electron chi connectivity index (χ4n) is 1.81. The summed E-state index contributed by atoms with van der Waals surface area (Å²) in [6.45, 7) is 4.73. The number of carbonyl (C=O) groups is 1. The van der Waals surface area contributed by atoms with Crippen LogP contribution in [-0.2, 0) is 6.54 Å². The molecular weight excluding hydrogens is 256 g/mol. The van der Waals surface area contributed by atoms with E-state index in [0.717, 1.165) is 34.9 Å². The van der Waals surface area contributed by atoms with Crippen LogP contribution in [0.3, 0.4) is 0 Å². The van der Waals surface area contributed by atoms with E-state index in [1.165, 1.54) is 0 Å². The third kappa shape index (κ3) is 3.89. The van der Waals surface area contributed by atoms with E-state index in [1.807, 2.05) is 43.5 Å². The van der Waals surface area contributed by atoms with Gasteiger partial charge in [-0.15, -0.1) is 11.3 Å². The van der Waals surface area contributed by atoms with Gasteiger partial charge < -0.3 is 5.32 Å². The number of nitrogens with one attached hydrogen (secondary N) is 1. The van der Waals surface area contributed by atoms with Crippen LogP contribution in [0.25, 0.3) is 0 Å². The Labute approximate surface area is 117 Å². The van der Waals surface area contributed by atoms with E-state index in [1.54, 1.807) is 11.3 Å². The number of thiazole rings is 1. The van der Waals surface area contributed by atoms with Crippen molar-refractivity contribution in [2.75, 3.05) is 5.32 Å². The zero-order chi connectivity index (χ0) is 13.7. The summed E-state index contributed by atoms with van der Waals surface area (Å²) in [5, 5.41) is 6.43. The fourth-order valence-corrected chi connectivity index (χ4v) is 2.52. The molecule has 0 aliphatic heterocycles. The largest absolute Gasteiger partial charge is 0.379 e. The molecule has 0 bridgehead atoms. The van der Waals surface area contributed by atoms with Crippen LogP contribution in [0.15, 0.2) is 29.6 Å². The molecule has 0 amide bonds. The van der Waals surface area contributed by atoms with Gasteiger partial charge in [0.25, 0.3) is 0 Å². The van der Waals surface area contributed by atoms with Crippen molar-refractivity contribution in [3.63, 3.8) is 0 Å². The van der Waals surface area contributed by atoms with Crippen molar-refractivity contribution in [3.05, 3.63) is 45.9 Å².